The number of aromatic nitrogens is 4. The Morgan fingerprint density at radius 1 is 1.26 bits per heavy atom. The minimum absolute atomic E-state index is 0.115. The molecule has 0 bridgehead atoms. The third kappa shape index (κ3) is 3.13. The van der Waals surface area contributed by atoms with Crippen LogP contribution in [-0.2, 0) is 5.41 Å². The summed E-state index contributed by atoms with van der Waals surface area (Å²) in [5.41, 5.74) is 1.92. The highest BCUT2D eigenvalue weighted by molar-refractivity contribution is 5.90. The third-order valence-corrected chi connectivity index (χ3v) is 5.46. The van der Waals surface area contributed by atoms with Crippen molar-refractivity contribution in [3.8, 4) is 5.75 Å². The zero-order chi connectivity index (χ0) is 18.9. The lowest BCUT2D eigenvalue weighted by Gasteiger charge is -2.31. The molecule has 27 heavy (non-hydrogen) atoms. The Kier molecular flexibility index (Phi) is 4.51. The quantitative estimate of drug-likeness (QED) is 0.752. The van der Waals surface area contributed by atoms with Gasteiger partial charge in [0.05, 0.1) is 7.11 Å². The number of hydrogen-bond donors (Lipinski definition) is 1. The summed E-state index contributed by atoms with van der Waals surface area (Å²) in [6.45, 7) is 2.44. The van der Waals surface area contributed by atoms with Gasteiger partial charge in [0.1, 0.15) is 5.75 Å². The molecule has 0 atom stereocenters. The van der Waals surface area contributed by atoms with Gasteiger partial charge in [-0.3, -0.25) is 4.79 Å². The number of carbonyl (C=O) groups is 1. The lowest BCUT2D eigenvalue weighted by molar-refractivity contribution is 0.0932. The van der Waals surface area contributed by atoms with Crippen LogP contribution < -0.4 is 10.1 Å². The minimum Gasteiger partial charge on any atom is -0.496 e. The molecule has 0 aliphatic heterocycles. The smallest absolute Gasteiger partial charge is 0.291 e. The van der Waals surface area contributed by atoms with Crippen molar-refractivity contribution >= 4 is 11.7 Å². The van der Waals surface area contributed by atoms with Crippen molar-refractivity contribution in [2.45, 2.75) is 38.0 Å². The van der Waals surface area contributed by atoms with E-state index in [4.69, 9.17) is 4.74 Å². The summed E-state index contributed by atoms with van der Waals surface area (Å²) >= 11 is 0. The number of ether oxygens (including phenoxy) is 1. The Morgan fingerprint density at radius 3 is 2.78 bits per heavy atom. The zero-order valence-electron chi connectivity index (χ0n) is 15.6. The van der Waals surface area contributed by atoms with Gasteiger partial charge in [-0.2, -0.15) is 4.98 Å². The number of carbonyl (C=O) groups excluding carboxylic acids is 1. The molecular weight excluding hydrogens is 342 g/mol. The molecule has 0 spiro atoms. The number of fused-ring (bicyclic) bond motifs is 1. The summed E-state index contributed by atoms with van der Waals surface area (Å²) in [5, 5.41) is 7.34. The number of benzene rings is 1. The predicted molar refractivity (Wildman–Crippen MR) is 101 cm³/mol. The van der Waals surface area contributed by atoms with E-state index < -0.39 is 0 Å². The maximum Gasteiger partial charge on any atom is 0.291 e. The van der Waals surface area contributed by atoms with Crippen LogP contribution in [-0.4, -0.2) is 39.1 Å². The third-order valence-electron chi connectivity index (χ3n) is 5.46. The molecule has 1 aliphatic carbocycles. The Morgan fingerprint density at radius 2 is 2.04 bits per heavy atom. The second-order valence-electron chi connectivity index (χ2n) is 7.10. The van der Waals surface area contributed by atoms with Crippen molar-refractivity contribution in [2.75, 3.05) is 13.7 Å². The summed E-state index contributed by atoms with van der Waals surface area (Å²) in [4.78, 5) is 21.1. The molecule has 1 fully saturated rings. The molecule has 7 nitrogen and oxygen atoms in total. The number of methoxy groups -OCH3 is 1. The second-order valence-corrected chi connectivity index (χ2v) is 7.10. The molecule has 0 saturated heterocycles. The first kappa shape index (κ1) is 17.5. The van der Waals surface area contributed by atoms with Crippen LogP contribution in [0.3, 0.4) is 0 Å². The fourth-order valence-corrected chi connectivity index (χ4v) is 4.01. The highest BCUT2D eigenvalue weighted by atomic mass is 16.5. The Balaban J connectivity index is 1.57. The van der Waals surface area contributed by atoms with E-state index in [1.165, 1.54) is 0 Å². The van der Waals surface area contributed by atoms with Crippen LogP contribution >= 0.6 is 0 Å². The van der Waals surface area contributed by atoms with Crippen LogP contribution in [0, 0.1) is 6.92 Å². The van der Waals surface area contributed by atoms with Gasteiger partial charge in [0.25, 0.3) is 11.7 Å². The van der Waals surface area contributed by atoms with Gasteiger partial charge in [0, 0.05) is 29.4 Å². The molecular formula is C20H23N5O2. The SMILES string of the molecule is COc1ccccc1C1(CNC(=O)c2nc3nccc(C)n3n2)CCCC1. The van der Waals surface area contributed by atoms with Crippen LogP contribution in [0.1, 0.15) is 47.6 Å². The molecule has 1 N–H and O–H groups in total. The number of aryl methyl sites for hydroxylation is 1. The van der Waals surface area contributed by atoms with Crippen LogP contribution in [0.4, 0.5) is 0 Å². The normalized spacial score (nSPS) is 15.8. The first-order chi connectivity index (χ1) is 13.1. The van der Waals surface area contributed by atoms with Gasteiger partial charge < -0.3 is 10.1 Å². The second kappa shape index (κ2) is 6.98. The molecule has 7 heteroatoms. The number of amides is 1. The van der Waals surface area contributed by atoms with Gasteiger partial charge in [-0.15, -0.1) is 5.10 Å². The molecule has 0 radical (unpaired) electrons. The fraction of sp³-hybridized carbons (Fsp3) is 0.400. The van der Waals surface area contributed by atoms with Crippen molar-refractivity contribution < 1.29 is 9.53 Å². The topological polar surface area (TPSA) is 81.4 Å². The van der Waals surface area contributed by atoms with E-state index in [-0.39, 0.29) is 17.1 Å². The van der Waals surface area contributed by atoms with Gasteiger partial charge >= 0.3 is 0 Å². The molecule has 1 aliphatic rings. The highest BCUT2D eigenvalue weighted by Crippen LogP contribution is 2.44. The van der Waals surface area contributed by atoms with Crippen LogP contribution in [0.25, 0.3) is 5.78 Å². The molecule has 0 unspecified atom stereocenters. The van der Waals surface area contributed by atoms with Crippen LogP contribution in [0.15, 0.2) is 36.5 Å². The zero-order valence-corrected chi connectivity index (χ0v) is 15.6. The minimum atomic E-state index is -0.277. The molecule has 2 heterocycles. The molecule has 140 valence electrons. The van der Waals surface area contributed by atoms with E-state index >= 15 is 0 Å². The molecule has 1 amide bonds. The Hall–Kier alpha value is -2.96. The molecule has 1 aromatic carbocycles. The Bertz CT molecular complexity index is 975. The Labute approximate surface area is 157 Å². The highest BCUT2D eigenvalue weighted by Gasteiger charge is 2.38. The van der Waals surface area contributed by atoms with Crippen molar-refractivity contribution in [1.29, 1.82) is 0 Å². The van der Waals surface area contributed by atoms with Gasteiger partial charge in [-0.05, 0) is 31.9 Å². The van der Waals surface area contributed by atoms with E-state index in [0.29, 0.717) is 12.3 Å². The first-order valence-electron chi connectivity index (χ1n) is 9.23. The average Bonchev–Trinajstić information content (AvgIpc) is 3.35. The van der Waals surface area contributed by atoms with Gasteiger partial charge in [0.2, 0.25) is 5.82 Å². The number of para-hydroxylation sites is 1. The van der Waals surface area contributed by atoms with Gasteiger partial charge in [-0.25, -0.2) is 9.50 Å². The lowest BCUT2D eigenvalue weighted by atomic mass is 9.78. The van der Waals surface area contributed by atoms with E-state index in [1.807, 2.05) is 31.2 Å². The molecule has 3 aromatic rings. The molecule has 2 aromatic heterocycles. The summed E-state index contributed by atoms with van der Waals surface area (Å²) in [6, 6.07) is 9.91. The number of nitrogens with zero attached hydrogens (tertiary/aromatic N) is 4. The number of nitrogens with one attached hydrogen (secondary N) is 1. The largest absolute Gasteiger partial charge is 0.496 e. The standard InChI is InChI=1S/C20H23N5O2/c1-14-9-12-21-19-23-17(24-25(14)19)18(26)22-13-20(10-5-6-11-20)15-7-3-4-8-16(15)27-2/h3-4,7-9,12H,5-6,10-11,13H2,1-2H3,(H,22,26). The van der Waals surface area contributed by atoms with Crippen LogP contribution in [0.5, 0.6) is 5.75 Å². The van der Waals surface area contributed by atoms with E-state index in [1.54, 1.807) is 17.8 Å². The monoisotopic (exact) mass is 365 g/mol. The maximum absolute atomic E-state index is 12.7. The van der Waals surface area contributed by atoms with E-state index in [0.717, 1.165) is 42.7 Å². The summed E-state index contributed by atoms with van der Waals surface area (Å²) in [7, 11) is 1.69. The van der Waals surface area contributed by atoms with Crippen molar-refractivity contribution in [3.05, 3.63) is 53.6 Å². The van der Waals surface area contributed by atoms with E-state index in [9.17, 15) is 4.79 Å². The lowest BCUT2D eigenvalue weighted by Crippen LogP contribution is -2.39. The van der Waals surface area contributed by atoms with Crippen molar-refractivity contribution in [3.63, 3.8) is 0 Å². The fourth-order valence-electron chi connectivity index (χ4n) is 4.01. The van der Waals surface area contributed by atoms with Crippen LogP contribution in [0.2, 0.25) is 0 Å². The number of rotatable bonds is 5. The van der Waals surface area contributed by atoms with Crippen molar-refractivity contribution in [2.24, 2.45) is 0 Å². The number of hydrogen-bond acceptors (Lipinski definition) is 5. The predicted octanol–water partition coefficient (Wildman–Crippen LogP) is 2.68. The average molecular weight is 365 g/mol. The van der Waals surface area contributed by atoms with Gasteiger partial charge in [0.15, 0.2) is 0 Å². The van der Waals surface area contributed by atoms with E-state index in [2.05, 4.69) is 26.4 Å². The van der Waals surface area contributed by atoms with Crippen molar-refractivity contribution in [1.82, 2.24) is 24.9 Å². The maximum atomic E-state index is 12.7. The first-order valence-corrected chi connectivity index (χ1v) is 9.23. The van der Waals surface area contributed by atoms with Gasteiger partial charge in [-0.1, -0.05) is 31.0 Å². The summed E-state index contributed by atoms with van der Waals surface area (Å²) in [5.74, 6) is 1.17. The summed E-state index contributed by atoms with van der Waals surface area (Å²) in [6.07, 6.45) is 5.99. The summed E-state index contributed by atoms with van der Waals surface area (Å²) < 4.78 is 7.16. The molecule has 1 saturated carbocycles. The molecule has 4 rings (SSSR count).